The predicted octanol–water partition coefficient (Wildman–Crippen LogP) is 4.23. The summed E-state index contributed by atoms with van der Waals surface area (Å²) in [7, 11) is 1.76. The number of methoxy groups -OCH3 is 1. The molecule has 0 amide bonds. The molecular formula is C17H20O2. The van der Waals surface area contributed by atoms with Crippen molar-refractivity contribution in [3.63, 3.8) is 0 Å². The highest BCUT2D eigenvalue weighted by Crippen LogP contribution is 2.21. The molecule has 2 nitrogen and oxygen atoms in total. The highest BCUT2D eigenvalue weighted by molar-refractivity contribution is 5.21. The van der Waals surface area contributed by atoms with E-state index in [1.807, 2.05) is 48.5 Å². The molecule has 0 heterocycles. The second-order valence-corrected chi connectivity index (χ2v) is 4.44. The average Bonchev–Trinajstić information content (AvgIpc) is 2.49. The van der Waals surface area contributed by atoms with Gasteiger partial charge in [0.05, 0.1) is 12.7 Å². The monoisotopic (exact) mass is 256 g/mol. The molecule has 2 heteroatoms. The molecule has 0 radical (unpaired) electrons. The number of benzene rings is 2. The number of rotatable bonds is 7. The summed E-state index contributed by atoms with van der Waals surface area (Å²) < 4.78 is 11.2. The molecular weight excluding hydrogens is 236 g/mol. The van der Waals surface area contributed by atoms with Crippen molar-refractivity contribution in [3.8, 4) is 5.75 Å². The van der Waals surface area contributed by atoms with Gasteiger partial charge in [-0.15, -0.1) is 0 Å². The van der Waals surface area contributed by atoms with E-state index in [9.17, 15) is 0 Å². The van der Waals surface area contributed by atoms with E-state index in [2.05, 4.69) is 12.1 Å². The zero-order valence-corrected chi connectivity index (χ0v) is 11.3. The molecule has 2 rings (SSSR count). The second kappa shape index (κ2) is 7.59. The van der Waals surface area contributed by atoms with Crippen molar-refractivity contribution in [2.45, 2.75) is 18.9 Å². The Labute approximate surface area is 115 Å². The molecule has 0 N–H and O–H groups in total. The standard InChI is InChI=1S/C17H20O2/c1-18-17(15-9-4-2-5-10-15)13-8-14-19-16-11-6-3-7-12-16/h2-7,9-12,17H,8,13-14H2,1H3. The van der Waals surface area contributed by atoms with Crippen LogP contribution in [0.4, 0.5) is 0 Å². The minimum absolute atomic E-state index is 0.153. The Hall–Kier alpha value is -1.80. The van der Waals surface area contributed by atoms with Gasteiger partial charge < -0.3 is 9.47 Å². The Balaban J connectivity index is 1.75. The normalized spacial score (nSPS) is 12.1. The van der Waals surface area contributed by atoms with E-state index in [0.29, 0.717) is 0 Å². The maximum Gasteiger partial charge on any atom is 0.119 e. The Morgan fingerprint density at radius 3 is 2.16 bits per heavy atom. The number of hydrogen-bond acceptors (Lipinski definition) is 2. The minimum Gasteiger partial charge on any atom is -0.494 e. The summed E-state index contributed by atoms with van der Waals surface area (Å²) in [5.41, 5.74) is 1.23. The molecule has 0 bridgehead atoms. The lowest BCUT2D eigenvalue weighted by molar-refractivity contribution is 0.0894. The number of hydrogen-bond donors (Lipinski definition) is 0. The first kappa shape index (κ1) is 13.6. The van der Waals surface area contributed by atoms with Crippen LogP contribution in [-0.4, -0.2) is 13.7 Å². The zero-order chi connectivity index (χ0) is 13.3. The van der Waals surface area contributed by atoms with Crippen LogP contribution in [0.15, 0.2) is 60.7 Å². The molecule has 0 saturated carbocycles. The Kier molecular flexibility index (Phi) is 5.45. The minimum atomic E-state index is 0.153. The Morgan fingerprint density at radius 1 is 0.895 bits per heavy atom. The maximum atomic E-state index is 5.68. The van der Waals surface area contributed by atoms with E-state index in [1.165, 1.54) is 5.56 Å². The van der Waals surface area contributed by atoms with Crippen molar-refractivity contribution in [1.82, 2.24) is 0 Å². The van der Waals surface area contributed by atoms with Crippen LogP contribution >= 0.6 is 0 Å². The molecule has 2 aromatic carbocycles. The summed E-state index contributed by atoms with van der Waals surface area (Å²) in [4.78, 5) is 0. The van der Waals surface area contributed by atoms with Gasteiger partial charge in [0.15, 0.2) is 0 Å². The molecule has 100 valence electrons. The van der Waals surface area contributed by atoms with Gasteiger partial charge in [-0.1, -0.05) is 48.5 Å². The SMILES string of the molecule is COC(CCCOc1ccccc1)c1ccccc1. The molecule has 0 spiro atoms. The van der Waals surface area contributed by atoms with Crippen LogP contribution in [-0.2, 0) is 4.74 Å². The van der Waals surface area contributed by atoms with Gasteiger partial charge in [0.2, 0.25) is 0 Å². The third-order valence-corrected chi connectivity index (χ3v) is 3.08. The van der Waals surface area contributed by atoms with Crippen LogP contribution in [0.25, 0.3) is 0 Å². The lowest BCUT2D eigenvalue weighted by Crippen LogP contribution is -2.05. The summed E-state index contributed by atoms with van der Waals surface area (Å²) in [6.45, 7) is 0.719. The van der Waals surface area contributed by atoms with Crippen molar-refractivity contribution in [2.75, 3.05) is 13.7 Å². The molecule has 0 aromatic heterocycles. The van der Waals surface area contributed by atoms with E-state index in [0.717, 1.165) is 25.2 Å². The largest absolute Gasteiger partial charge is 0.494 e. The van der Waals surface area contributed by atoms with E-state index >= 15 is 0 Å². The summed E-state index contributed by atoms with van der Waals surface area (Å²) in [6, 6.07) is 20.2. The maximum absolute atomic E-state index is 5.68. The molecule has 0 saturated heterocycles. The first-order chi connectivity index (χ1) is 9.40. The summed E-state index contributed by atoms with van der Waals surface area (Å²) in [5.74, 6) is 0.927. The molecule has 0 aliphatic heterocycles. The molecule has 0 aliphatic rings. The van der Waals surface area contributed by atoms with Crippen LogP contribution in [0, 0.1) is 0 Å². The third kappa shape index (κ3) is 4.42. The molecule has 0 fully saturated rings. The Morgan fingerprint density at radius 2 is 1.53 bits per heavy atom. The highest BCUT2D eigenvalue weighted by atomic mass is 16.5. The first-order valence-electron chi connectivity index (χ1n) is 6.66. The molecule has 2 aromatic rings. The van der Waals surface area contributed by atoms with Gasteiger partial charge in [-0.2, -0.15) is 0 Å². The van der Waals surface area contributed by atoms with Crippen molar-refractivity contribution < 1.29 is 9.47 Å². The lowest BCUT2D eigenvalue weighted by atomic mass is 10.1. The van der Waals surface area contributed by atoms with Crippen LogP contribution < -0.4 is 4.74 Å². The van der Waals surface area contributed by atoms with Gasteiger partial charge in [-0.05, 0) is 30.5 Å². The fraction of sp³-hybridized carbons (Fsp3) is 0.294. The van der Waals surface area contributed by atoms with Crippen LogP contribution in [0.3, 0.4) is 0 Å². The molecule has 19 heavy (non-hydrogen) atoms. The van der Waals surface area contributed by atoms with Crippen molar-refractivity contribution >= 4 is 0 Å². The third-order valence-electron chi connectivity index (χ3n) is 3.08. The quantitative estimate of drug-likeness (QED) is 0.690. The number of ether oxygens (including phenoxy) is 2. The number of para-hydroxylation sites is 1. The van der Waals surface area contributed by atoms with E-state index in [1.54, 1.807) is 7.11 Å². The summed E-state index contributed by atoms with van der Waals surface area (Å²) in [5, 5.41) is 0. The smallest absolute Gasteiger partial charge is 0.119 e. The first-order valence-corrected chi connectivity index (χ1v) is 6.66. The lowest BCUT2D eigenvalue weighted by Gasteiger charge is -2.15. The fourth-order valence-electron chi connectivity index (χ4n) is 2.06. The molecule has 1 atom stereocenters. The van der Waals surface area contributed by atoms with E-state index < -0.39 is 0 Å². The van der Waals surface area contributed by atoms with E-state index in [4.69, 9.17) is 9.47 Å². The summed E-state index contributed by atoms with van der Waals surface area (Å²) >= 11 is 0. The van der Waals surface area contributed by atoms with Crippen molar-refractivity contribution in [1.29, 1.82) is 0 Å². The van der Waals surface area contributed by atoms with Crippen molar-refractivity contribution in [3.05, 3.63) is 66.2 Å². The average molecular weight is 256 g/mol. The second-order valence-electron chi connectivity index (χ2n) is 4.44. The predicted molar refractivity (Wildman–Crippen MR) is 77.4 cm³/mol. The van der Waals surface area contributed by atoms with Crippen LogP contribution in [0.1, 0.15) is 24.5 Å². The van der Waals surface area contributed by atoms with E-state index in [-0.39, 0.29) is 6.10 Å². The van der Waals surface area contributed by atoms with Crippen molar-refractivity contribution in [2.24, 2.45) is 0 Å². The fourth-order valence-corrected chi connectivity index (χ4v) is 2.06. The topological polar surface area (TPSA) is 18.5 Å². The van der Waals surface area contributed by atoms with Gasteiger partial charge in [0.25, 0.3) is 0 Å². The zero-order valence-electron chi connectivity index (χ0n) is 11.3. The Bertz CT molecular complexity index is 453. The molecule has 1 unspecified atom stereocenters. The van der Waals surface area contributed by atoms with Gasteiger partial charge in [0, 0.05) is 7.11 Å². The van der Waals surface area contributed by atoms with Gasteiger partial charge in [-0.25, -0.2) is 0 Å². The van der Waals surface area contributed by atoms with Gasteiger partial charge in [-0.3, -0.25) is 0 Å². The summed E-state index contributed by atoms with van der Waals surface area (Å²) in [6.07, 6.45) is 2.09. The van der Waals surface area contributed by atoms with Gasteiger partial charge in [0.1, 0.15) is 5.75 Å². The van der Waals surface area contributed by atoms with Crippen LogP contribution in [0.2, 0.25) is 0 Å². The van der Waals surface area contributed by atoms with Crippen LogP contribution in [0.5, 0.6) is 5.75 Å². The van der Waals surface area contributed by atoms with Gasteiger partial charge >= 0.3 is 0 Å². The molecule has 0 aliphatic carbocycles. The highest BCUT2D eigenvalue weighted by Gasteiger charge is 2.09.